The fourth-order valence-corrected chi connectivity index (χ4v) is 3.87. The number of fused-ring (bicyclic) bond motifs is 2. The zero-order valence-electron chi connectivity index (χ0n) is 15.6. The van der Waals surface area contributed by atoms with Gasteiger partial charge in [-0.2, -0.15) is 0 Å². The number of hydrogen-bond acceptors (Lipinski definition) is 8. The number of para-hydroxylation sites is 1. The van der Waals surface area contributed by atoms with Crippen molar-refractivity contribution in [1.82, 2.24) is 14.8 Å². The number of nitrogens with zero attached hydrogens (tertiary/aromatic N) is 3. The minimum Gasteiger partial charge on any atom is -0.455 e. The van der Waals surface area contributed by atoms with E-state index >= 15 is 0 Å². The maximum Gasteiger partial charge on any atom is 0.312 e. The first kappa shape index (κ1) is 18.8. The highest BCUT2D eigenvalue weighted by Crippen LogP contribution is 2.25. The van der Waals surface area contributed by atoms with Gasteiger partial charge in [-0.25, -0.2) is 9.66 Å². The molecule has 1 amide bonds. The molecule has 0 unspecified atom stereocenters. The molecule has 0 spiro atoms. The molecule has 10 heteroatoms. The summed E-state index contributed by atoms with van der Waals surface area (Å²) >= 11 is 1.42. The molecule has 148 valence electrons. The predicted octanol–water partition coefficient (Wildman–Crippen LogP) is 2.07. The van der Waals surface area contributed by atoms with Crippen molar-refractivity contribution in [1.29, 1.82) is 0 Å². The highest BCUT2D eigenvalue weighted by Gasteiger charge is 2.16. The molecule has 0 aliphatic heterocycles. The third-order valence-corrected chi connectivity index (χ3v) is 5.58. The van der Waals surface area contributed by atoms with E-state index in [2.05, 4.69) is 15.6 Å². The summed E-state index contributed by atoms with van der Waals surface area (Å²) in [5, 5.41) is 5.02. The van der Waals surface area contributed by atoms with Crippen LogP contribution in [0.3, 0.4) is 0 Å². The number of nitrogens with one attached hydrogen (secondary N) is 1. The van der Waals surface area contributed by atoms with Crippen molar-refractivity contribution in [3.05, 3.63) is 57.1 Å². The number of hydrogen-bond donors (Lipinski definition) is 1. The summed E-state index contributed by atoms with van der Waals surface area (Å²) in [6.07, 6.45) is 1.10. The van der Waals surface area contributed by atoms with Crippen LogP contribution in [0.4, 0.5) is 0 Å². The molecule has 3 aromatic heterocycles. The van der Waals surface area contributed by atoms with Crippen molar-refractivity contribution in [3.63, 3.8) is 0 Å². The molecule has 0 atom stereocenters. The van der Waals surface area contributed by atoms with Crippen LogP contribution in [0.15, 0.2) is 39.9 Å². The first-order chi connectivity index (χ1) is 13.9. The van der Waals surface area contributed by atoms with Crippen LogP contribution in [0.25, 0.3) is 21.2 Å². The van der Waals surface area contributed by atoms with Crippen molar-refractivity contribution in [2.75, 3.05) is 12.0 Å². The van der Waals surface area contributed by atoms with Gasteiger partial charge in [0.15, 0.2) is 12.2 Å². The lowest BCUT2D eigenvalue weighted by Crippen LogP contribution is -2.35. The minimum atomic E-state index is -0.656. The van der Waals surface area contributed by atoms with E-state index in [1.54, 1.807) is 24.3 Å². The Morgan fingerprint density at radius 1 is 1.28 bits per heavy atom. The fraction of sp³-hybridized carbons (Fsp3) is 0.211. The van der Waals surface area contributed by atoms with Crippen LogP contribution in [0, 0.1) is 13.8 Å². The van der Waals surface area contributed by atoms with Crippen LogP contribution < -0.4 is 11.0 Å². The standard InChI is InChI=1S/C19H16N4O5S/c1-10-11(2)29-18-17(10)19(26)23(9-20-18)21-15(24)8-27-16(25)7-13-12-5-3-4-6-14(12)28-22-13/h3-6,9H,7-8H2,1-2H3,(H,21,24). The highest BCUT2D eigenvalue weighted by molar-refractivity contribution is 7.18. The normalized spacial score (nSPS) is 11.1. The molecule has 9 nitrogen and oxygen atoms in total. The summed E-state index contributed by atoms with van der Waals surface area (Å²) < 4.78 is 11.1. The molecule has 0 aliphatic carbocycles. The van der Waals surface area contributed by atoms with E-state index in [-0.39, 0.29) is 12.0 Å². The van der Waals surface area contributed by atoms with Crippen molar-refractivity contribution >= 4 is 44.4 Å². The molecule has 1 N–H and O–H groups in total. The van der Waals surface area contributed by atoms with Gasteiger partial charge in [-0.05, 0) is 31.5 Å². The molecule has 3 heterocycles. The summed E-state index contributed by atoms with van der Waals surface area (Å²) in [6.45, 7) is 3.20. The number of esters is 1. The average Bonchev–Trinajstić information content (AvgIpc) is 3.24. The van der Waals surface area contributed by atoms with E-state index in [0.29, 0.717) is 26.9 Å². The van der Waals surface area contributed by atoms with Crippen molar-refractivity contribution in [2.45, 2.75) is 20.3 Å². The maximum atomic E-state index is 12.6. The van der Waals surface area contributed by atoms with Crippen LogP contribution in [0.5, 0.6) is 0 Å². The number of aromatic nitrogens is 3. The van der Waals surface area contributed by atoms with E-state index in [9.17, 15) is 14.4 Å². The lowest BCUT2D eigenvalue weighted by molar-refractivity contribution is -0.146. The molecule has 0 saturated carbocycles. The molecule has 0 aliphatic rings. The average molecular weight is 412 g/mol. The monoisotopic (exact) mass is 412 g/mol. The number of rotatable bonds is 5. The van der Waals surface area contributed by atoms with Crippen LogP contribution in [0.1, 0.15) is 16.1 Å². The van der Waals surface area contributed by atoms with Gasteiger partial charge >= 0.3 is 5.97 Å². The zero-order valence-corrected chi connectivity index (χ0v) is 16.4. The second-order valence-corrected chi connectivity index (χ2v) is 7.58. The van der Waals surface area contributed by atoms with Crippen molar-refractivity contribution in [2.24, 2.45) is 0 Å². The largest absolute Gasteiger partial charge is 0.455 e. The third-order valence-electron chi connectivity index (χ3n) is 4.46. The third kappa shape index (κ3) is 3.61. The van der Waals surface area contributed by atoms with E-state index < -0.39 is 18.5 Å². The van der Waals surface area contributed by atoms with Crippen molar-refractivity contribution < 1.29 is 18.8 Å². The summed E-state index contributed by atoms with van der Waals surface area (Å²) in [5.41, 5.74) is 3.82. The molecule has 0 fully saturated rings. The molecule has 0 saturated heterocycles. The summed E-state index contributed by atoms with van der Waals surface area (Å²) in [4.78, 5) is 42.5. The Balaban J connectivity index is 1.39. The number of carbonyl (C=O) groups excluding carboxylic acids is 2. The first-order valence-electron chi connectivity index (χ1n) is 8.70. The minimum absolute atomic E-state index is 0.134. The topological polar surface area (TPSA) is 116 Å². The van der Waals surface area contributed by atoms with Gasteiger partial charge in [0.1, 0.15) is 16.9 Å². The van der Waals surface area contributed by atoms with E-state index in [0.717, 1.165) is 15.1 Å². The Hall–Kier alpha value is -3.53. The molecule has 4 rings (SSSR count). The summed E-state index contributed by atoms with van der Waals surface area (Å²) in [7, 11) is 0. The maximum absolute atomic E-state index is 12.6. The summed E-state index contributed by atoms with van der Waals surface area (Å²) in [5.74, 6) is -1.29. The Morgan fingerprint density at radius 3 is 2.90 bits per heavy atom. The van der Waals surface area contributed by atoms with Gasteiger partial charge in [-0.15, -0.1) is 11.3 Å². The van der Waals surface area contributed by atoms with Crippen LogP contribution in [-0.4, -0.2) is 33.3 Å². The van der Waals surface area contributed by atoms with Gasteiger partial charge in [0.25, 0.3) is 11.5 Å². The van der Waals surface area contributed by atoms with Crippen LogP contribution in [-0.2, 0) is 20.7 Å². The van der Waals surface area contributed by atoms with Gasteiger partial charge < -0.3 is 9.26 Å². The SMILES string of the molecule is Cc1sc2ncn(NC(=O)COC(=O)Cc3noc4ccccc34)c(=O)c2c1C. The Labute approximate surface area is 167 Å². The first-order valence-corrected chi connectivity index (χ1v) is 9.52. The van der Waals surface area contributed by atoms with Crippen molar-refractivity contribution in [3.8, 4) is 0 Å². The number of thiophene rings is 1. The lowest BCUT2D eigenvalue weighted by Gasteiger charge is -2.08. The Bertz CT molecular complexity index is 1300. The number of amides is 1. The molecule has 0 bridgehead atoms. The zero-order chi connectivity index (χ0) is 20.5. The van der Waals surface area contributed by atoms with E-state index in [1.165, 1.54) is 17.7 Å². The molecule has 29 heavy (non-hydrogen) atoms. The molecule has 1 aromatic carbocycles. The van der Waals surface area contributed by atoms with E-state index in [4.69, 9.17) is 9.26 Å². The fourth-order valence-electron chi connectivity index (χ4n) is 2.88. The Kier molecular flexibility index (Phi) is 4.85. The van der Waals surface area contributed by atoms with Gasteiger partial charge in [0.05, 0.1) is 11.8 Å². The predicted molar refractivity (Wildman–Crippen MR) is 106 cm³/mol. The molecule has 4 aromatic rings. The highest BCUT2D eigenvalue weighted by atomic mass is 32.1. The lowest BCUT2D eigenvalue weighted by atomic mass is 10.2. The number of carbonyl (C=O) groups is 2. The molecular formula is C19H16N4O5S. The second-order valence-electron chi connectivity index (χ2n) is 6.38. The van der Waals surface area contributed by atoms with Crippen LogP contribution >= 0.6 is 11.3 Å². The van der Waals surface area contributed by atoms with Gasteiger partial charge in [0.2, 0.25) is 0 Å². The van der Waals surface area contributed by atoms with E-state index in [1.807, 2.05) is 13.8 Å². The molecular weight excluding hydrogens is 396 g/mol. The quantitative estimate of drug-likeness (QED) is 0.499. The van der Waals surface area contributed by atoms with Gasteiger partial charge in [-0.1, -0.05) is 17.3 Å². The van der Waals surface area contributed by atoms with Crippen LogP contribution in [0.2, 0.25) is 0 Å². The number of benzene rings is 1. The smallest absolute Gasteiger partial charge is 0.312 e. The molecule has 0 radical (unpaired) electrons. The number of aryl methyl sites for hydroxylation is 2. The second kappa shape index (κ2) is 7.47. The number of ether oxygens (including phenoxy) is 1. The van der Waals surface area contributed by atoms with Gasteiger partial charge in [-0.3, -0.25) is 19.8 Å². The van der Waals surface area contributed by atoms with Gasteiger partial charge in [0, 0.05) is 10.3 Å². The summed E-state index contributed by atoms with van der Waals surface area (Å²) in [6, 6.07) is 7.13. The Morgan fingerprint density at radius 2 is 2.07 bits per heavy atom.